The van der Waals surface area contributed by atoms with Crippen LogP contribution in [0.1, 0.15) is 11.4 Å². The van der Waals surface area contributed by atoms with E-state index in [2.05, 4.69) is 20.4 Å². The molecule has 0 aliphatic carbocycles. The summed E-state index contributed by atoms with van der Waals surface area (Å²) in [6.45, 7) is 2.09. The first-order valence-electron chi connectivity index (χ1n) is 9.63. The van der Waals surface area contributed by atoms with E-state index in [1.165, 1.54) is 18.9 Å². The van der Waals surface area contributed by atoms with Gasteiger partial charge in [-0.2, -0.15) is 4.57 Å². The maximum absolute atomic E-state index is 12.9. The number of oxime groups is 1. The smallest absolute Gasteiger partial charge is 0.276 e. The van der Waals surface area contributed by atoms with Crippen molar-refractivity contribution in [1.29, 1.82) is 0 Å². The molecule has 1 unspecified atom stereocenters. The minimum absolute atomic E-state index is 0.140. The van der Waals surface area contributed by atoms with Crippen LogP contribution in [0, 0.1) is 6.92 Å². The molecule has 1 fully saturated rings. The van der Waals surface area contributed by atoms with E-state index in [9.17, 15) is 19.5 Å². The highest BCUT2D eigenvalue weighted by atomic mass is 32.2. The summed E-state index contributed by atoms with van der Waals surface area (Å²) in [5.74, 6) is -2.34. The summed E-state index contributed by atoms with van der Waals surface area (Å²) in [5, 5.41) is 19.4. The molecule has 0 radical (unpaired) electrons. The van der Waals surface area contributed by atoms with Crippen LogP contribution >= 0.6 is 23.1 Å². The lowest BCUT2D eigenvalue weighted by molar-refractivity contribution is -0.689. The Balaban J connectivity index is 1.54. The number of carboxylic acid groups (broad SMARTS) is 1. The molecular formula is C19H19N7O5S2. The molecular weight excluding hydrogens is 470 g/mol. The van der Waals surface area contributed by atoms with Gasteiger partial charge < -0.3 is 25.8 Å². The molecule has 12 nitrogen and oxygen atoms in total. The zero-order valence-corrected chi connectivity index (χ0v) is 19.2. The minimum Gasteiger partial charge on any atom is -0.543 e. The molecule has 0 bridgehead atoms. The number of nitrogens with zero attached hydrogens (tertiary/aromatic N) is 5. The second kappa shape index (κ2) is 9.15. The third-order valence-electron chi connectivity index (χ3n) is 4.95. The molecule has 0 saturated carbocycles. The summed E-state index contributed by atoms with van der Waals surface area (Å²) >= 11 is 2.48. The van der Waals surface area contributed by atoms with Gasteiger partial charge in [-0.1, -0.05) is 5.16 Å². The predicted molar refractivity (Wildman–Crippen MR) is 116 cm³/mol. The van der Waals surface area contributed by atoms with Gasteiger partial charge in [0.25, 0.3) is 11.8 Å². The molecule has 2 aromatic heterocycles. The van der Waals surface area contributed by atoms with Crippen LogP contribution in [-0.4, -0.2) is 62.6 Å². The number of carbonyl (C=O) groups excluding carboxylic acids is 3. The number of fused-ring (bicyclic) bond motifs is 1. The van der Waals surface area contributed by atoms with E-state index in [1.807, 2.05) is 6.92 Å². The van der Waals surface area contributed by atoms with Gasteiger partial charge in [-0.15, -0.1) is 23.1 Å². The molecule has 2 amide bonds. The van der Waals surface area contributed by atoms with Gasteiger partial charge in [0.2, 0.25) is 0 Å². The van der Waals surface area contributed by atoms with Crippen LogP contribution < -0.4 is 20.7 Å². The van der Waals surface area contributed by atoms with E-state index >= 15 is 0 Å². The van der Waals surface area contributed by atoms with Gasteiger partial charge in [0, 0.05) is 16.7 Å². The minimum atomic E-state index is -1.45. The molecule has 1 saturated heterocycles. The number of hydrogen-bond acceptors (Lipinski definition) is 11. The van der Waals surface area contributed by atoms with E-state index < -0.39 is 29.2 Å². The van der Waals surface area contributed by atoms with Crippen LogP contribution in [0.5, 0.6) is 0 Å². The van der Waals surface area contributed by atoms with Gasteiger partial charge in [0.1, 0.15) is 29.9 Å². The van der Waals surface area contributed by atoms with E-state index in [-0.39, 0.29) is 28.8 Å². The van der Waals surface area contributed by atoms with E-state index in [0.29, 0.717) is 11.3 Å². The molecule has 2 aliphatic heterocycles. The number of carbonyl (C=O) groups is 3. The molecule has 3 N–H and O–H groups in total. The Morgan fingerprint density at radius 2 is 2.27 bits per heavy atom. The molecule has 2 aromatic rings. The van der Waals surface area contributed by atoms with Crippen LogP contribution in [0.15, 0.2) is 40.4 Å². The van der Waals surface area contributed by atoms with Crippen LogP contribution in [-0.2, 0) is 25.8 Å². The maximum Gasteiger partial charge on any atom is 0.276 e. The van der Waals surface area contributed by atoms with Crippen LogP contribution in [0.2, 0.25) is 0 Å². The van der Waals surface area contributed by atoms with E-state index in [0.717, 1.165) is 21.9 Å². The number of thiazole rings is 1. The zero-order chi connectivity index (χ0) is 23.7. The van der Waals surface area contributed by atoms with Crippen LogP contribution in [0.3, 0.4) is 0 Å². The Labute approximate surface area is 196 Å². The van der Waals surface area contributed by atoms with Gasteiger partial charge in [-0.25, -0.2) is 9.97 Å². The maximum atomic E-state index is 12.9. The SMILES string of the molecule is CO/N=C(\C(=O)NC1C(=O)N2C(C(=O)[O-])=C(C[n+]3ccnc(C)c3)CS[C@H]12)c1csc(N)n1. The van der Waals surface area contributed by atoms with E-state index in [1.54, 1.807) is 28.5 Å². The molecule has 0 spiro atoms. The number of nitrogen functional groups attached to an aromatic ring is 1. The first-order valence-corrected chi connectivity index (χ1v) is 11.6. The Kier molecular flexibility index (Phi) is 6.29. The summed E-state index contributed by atoms with van der Waals surface area (Å²) in [6.07, 6.45) is 5.11. The largest absolute Gasteiger partial charge is 0.543 e. The first-order chi connectivity index (χ1) is 15.8. The average Bonchev–Trinajstić information content (AvgIpc) is 3.21. The average molecular weight is 490 g/mol. The summed E-state index contributed by atoms with van der Waals surface area (Å²) < 4.78 is 1.79. The molecule has 2 aliphatic rings. The van der Waals surface area contributed by atoms with Crippen molar-refractivity contribution >= 4 is 51.7 Å². The fraction of sp³-hybridized carbons (Fsp3) is 0.316. The number of hydrogen-bond donors (Lipinski definition) is 2. The van der Waals surface area contributed by atoms with Crippen molar-refractivity contribution in [2.75, 3.05) is 18.6 Å². The van der Waals surface area contributed by atoms with Gasteiger partial charge in [-0.3, -0.25) is 14.5 Å². The van der Waals surface area contributed by atoms with Crippen molar-refractivity contribution in [2.45, 2.75) is 24.9 Å². The number of aliphatic carboxylic acids is 1. The molecule has 14 heteroatoms. The molecule has 2 atom stereocenters. The van der Waals surface area contributed by atoms with Crippen molar-refractivity contribution in [1.82, 2.24) is 20.2 Å². The van der Waals surface area contributed by atoms with Gasteiger partial charge in [0.15, 0.2) is 29.8 Å². The van der Waals surface area contributed by atoms with Crippen LogP contribution in [0.25, 0.3) is 0 Å². The summed E-state index contributed by atoms with van der Waals surface area (Å²) in [5.41, 5.74) is 6.82. The van der Waals surface area contributed by atoms with E-state index in [4.69, 9.17) is 10.6 Å². The number of aromatic nitrogens is 3. The van der Waals surface area contributed by atoms with Gasteiger partial charge >= 0.3 is 0 Å². The number of amides is 2. The highest BCUT2D eigenvalue weighted by Gasteiger charge is 2.53. The topological polar surface area (TPSA) is 167 Å². The molecule has 33 heavy (non-hydrogen) atoms. The number of anilines is 1. The Morgan fingerprint density at radius 3 is 2.91 bits per heavy atom. The molecule has 4 heterocycles. The normalized spacial score (nSPS) is 20.2. The number of carboxylic acids is 1. The number of nitrogens with one attached hydrogen (secondary N) is 1. The highest BCUT2D eigenvalue weighted by molar-refractivity contribution is 8.00. The summed E-state index contributed by atoms with van der Waals surface area (Å²) in [6, 6.07) is -0.938. The lowest BCUT2D eigenvalue weighted by Crippen LogP contribution is -2.71. The summed E-state index contributed by atoms with van der Waals surface area (Å²) in [4.78, 5) is 51.6. The van der Waals surface area contributed by atoms with Crippen molar-refractivity contribution in [3.8, 4) is 0 Å². The van der Waals surface area contributed by atoms with Crippen molar-refractivity contribution < 1.29 is 28.9 Å². The van der Waals surface area contributed by atoms with Gasteiger partial charge in [-0.05, 0) is 6.92 Å². The molecule has 172 valence electrons. The number of aryl methyl sites for hydroxylation is 1. The number of rotatable bonds is 7. The highest BCUT2D eigenvalue weighted by Crippen LogP contribution is 2.40. The monoisotopic (exact) mass is 489 g/mol. The Morgan fingerprint density at radius 1 is 1.48 bits per heavy atom. The fourth-order valence-electron chi connectivity index (χ4n) is 3.57. The first kappa shape index (κ1) is 22.7. The molecule has 4 rings (SSSR count). The number of thioether (sulfide) groups is 1. The standard InChI is InChI=1S/C19H19N7O5S2/c1-9-5-25(4-3-21-9)6-10-7-32-17-13(16(28)26(17)14(10)18(29)30)23-15(27)12(24-31-2)11-8-33-19(20)22-11/h3-5,8,13,17H,6-7H2,1-2H3,(H3-,20,22,23,27,29,30)/b24-12-/t13?,17-/m1/s1. The molecule has 0 aromatic carbocycles. The number of β-lactam (4-membered cyclic amide) rings is 1. The third-order valence-corrected chi connectivity index (χ3v) is 6.97. The Bertz CT molecular complexity index is 1190. The number of nitrogens with two attached hydrogens (primary N) is 1. The van der Waals surface area contributed by atoms with Gasteiger partial charge in [0.05, 0.1) is 17.9 Å². The second-order valence-corrected chi connectivity index (χ2v) is 9.16. The predicted octanol–water partition coefficient (Wildman–Crippen LogP) is -1.83. The fourth-order valence-corrected chi connectivity index (χ4v) is 5.45. The Hall–Kier alpha value is -3.52. The lowest BCUT2D eigenvalue weighted by atomic mass is 10.0. The summed E-state index contributed by atoms with van der Waals surface area (Å²) in [7, 11) is 1.27. The third kappa shape index (κ3) is 4.39. The van der Waals surface area contributed by atoms with Crippen molar-refractivity contribution in [3.05, 3.63) is 46.6 Å². The lowest BCUT2D eigenvalue weighted by Gasteiger charge is -2.50. The zero-order valence-electron chi connectivity index (χ0n) is 17.5. The quantitative estimate of drug-likeness (QED) is 0.197. The van der Waals surface area contributed by atoms with Crippen molar-refractivity contribution in [3.63, 3.8) is 0 Å². The van der Waals surface area contributed by atoms with Crippen molar-refractivity contribution in [2.24, 2.45) is 5.16 Å². The second-order valence-electron chi connectivity index (χ2n) is 7.16. The van der Waals surface area contributed by atoms with Crippen LogP contribution in [0.4, 0.5) is 5.13 Å².